The number of carbonyl (C=O) groups excluding carboxylic acids is 1. The van der Waals surface area contributed by atoms with Crippen LogP contribution < -0.4 is 0 Å². The van der Waals surface area contributed by atoms with Crippen molar-refractivity contribution in [1.29, 1.82) is 5.26 Å². The highest BCUT2D eigenvalue weighted by Gasteiger charge is 2.35. The van der Waals surface area contributed by atoms with Crippen LogP contribution in [0.15, 0.2) is 0 Å². The normalized spacial score (nSPS) is 22.5. The first-order valence-electron chi connectivity index (χ1n) is 6.02. The van der Waals surface area contributed by atoms with Gasteiger partial charge in [-0.1, -0.05) is 6.92 Å². The Morgan fingerprint density at radius 3 is 2.84 bits per heavy atom. The molecule has 8 heteroatoms. The van der Waals surface area contributed by atoms with E-state index in [0.29, 0.717) is 0 Å². The third-order valence-electron chi connectivity index (χ3n) is 2.96. The van der Waals surface area contributed by atoms with Gasteiger partial charge in [-0.15, -0.1) is 0 Å². The second kappa shape index (κ2) is 6.84. The summed E-state index contributed by atoms with van der Waals surface area (Å²) in [6, 6.07) is 1.79. The summed E-state index contributed by atoms with van der Waals surface area (Å²) in [6.45, 7) is 2.15. The van der Waals surface area contributed by atoms with E-state index in [1.165, 1.54) is 11.4 Å². The van der Waals surface area contributed by atoms with Gasteiger partial charge in [0.05, 0.1) is 32.3 Å². The zero-order chi connectivity index (χ0) is 14.5. The van der Waals surface area contributed by atoms with E-state index >= 15 is 0 Å². The minimum atomic E-state index is -3.66. The Balaban J connectivity index is 2.74. The smallest absolute Gasteiger partial charge is 0.308 e. The third-order valence-corrected chi connectivity index (χ3v) is 5.17. The van der Waals surface area contributed by atoms with E-state index in [2.05, 4.69) is 4.74 Å². The number of methoxy groups -OCH3 is 1. The SMILES string of the molecule is CCC(C#N)S(=O)(=O)N1CCOC(CC(=O)OC)C1. The molecule has 1 saturated heterocycles. The molecule has 7 nitrogen and oxygen atoms in total. The number of sulfonamides is 1. The molecule has 0 aromatic rings. The molecule has 1 fully saturated rings. The molecule has 108 valence electrons. The maximum atomic E-state index is 12.2. The van der Waals surface area contributed by atoms with Crippen LogP contribution in [-0.2, 0) is 24.3 Å². The van der Waals surface area contributed by atoms with Crippen molar-refractivity contribution in [2.24, 2.45) is 0 Å². The quantitative estimate of drug-likeness (QED) is 0.655. The molecule has 1 heterocycles. The molecular weight excluding hydrogens is 272 g/mol. The number of rotatable bonds is 5. The monoisotopic (exact) mass is 290 g/mol. The lowest BCUT2D eigenvalue weighted by atomic mass is 10.2. The van der Waals surface area contributed by atoms with Gasteiger partial charge in [-0.2, -0.15) is 9.57 Å². The lowest BCUT2D eigenvalue weighted by molar-refractivity contribution is -0.145. The molecule has 0 spiro atoms. The van der Waals surface area contributed by atoms with Crippen LogP contribution in [0.25, 0.3) is 0 Å². The van der Waals surface area contributed by atoms with E-state index in [1.54, 1.807) is 13.0 Å². The predicted octanol–water partition coefficient (Wildman–Crippen LogP) is -0.118. The van der Waals surface area contributed by atoms with Crippen molar-refractivity contribution < 1.29 is 22.7 Å². The highest BCUT2D eigenvalue weighted by Crippen LogP contribution is 2.17. The van der Waals surface area contributed by atoms with E-state index in [-0.39, 0.29) is 32.5 Å². The number of ether oxygens (including phenoxy) is 2. The minimum absolute atomic E-state index is 0.00582. The van der Waals surface area contributed by atoms with Crippen LogP contribution in [-0.4, -0.2) is 56.9 Å². The first-order chi connectivity index (χ1) is 8.95. The van der Waals surface area contributed by atoms with Gasteiger partial charge in [0.25, 0.3) is 0 Å². The average molecular weight is 290 g/mol. The van der Waals surface area contributed by atoms with Crippen LogP contribution in [0.4, 0.5) is 0 Å². The van der Waals surface area contributed by atoms with E-state index < -0.39 is 27.3 Å². The number of nitrogens with zero attached hydrogens (tertiary/aromatic N) is 2. The Labute approximate surface area is 113 Å². The van der Waals surface area contributed by atoms with Gasteiger partial charge < -0.3 is 9.47 Å². The van der Waals surface area contributed by atoms with Crippen molar-refractivity contribution in [3.63, 3.8) is 0 Å². The fourth-order valence-corrected chi connectivity index (χ4v) is 3.48. The molecule has 1 rings (SSSR count). The van der Waals surface area contributed by atoms with E-state index in [9.17, 15) is 13.2 Å². The van der Waals surface area contributed by atoms with Crippen LogP contribution in [0.5, 0.6) is 0 Å². The molecule has 2 unspecified atom stereocenters. The Morgan fingerprint density at radius 2 is 2.32 bits per heavy atom. The zero-order valence-corrected chi connectivity index (χ0v) is 11.9. The summed E-state index contributed by atoms with van der Waals surface area (Å²) in [6.07, 6.45) is -0.281. The van der Waals surface area contributed by atoms with E-state index in [4.69, 9.17) is 10.00 Å². The summed E-state index contributed by atoms with van der Waals surface area (Å²) in [7, 11) is -2.39. The molecule has 0 saturated carbocycles. The Kier molecular flexibility index (Phi) is 5.72. The molecule has 1 aliphatic heterocycles. The highest BCUT2D eigenvalue weighted by molar-refractivity contribution is 7.90. The fraction of sp³-hybridized carbons (Fsp3) is 0.818. The zero-order valence-electron chi connectivity index (χ0n) is 11.0. The van der Waals surface area contributed by atoms with Crippen LogP contribution in [0.3, 0.4) is 0 Å². The van der Waals surface area contributed by atoms with E-state index in [0.717, 1.165) is 0 Å². The fourth-order valence-electron chi connectivity index (χ4n) is 1.86. The molecular formula is C11H18N2O5S. The Bertz CT molecular complexity index is 456. The molecule has 19 heavy (non-hydrogen) atoms. The highest BCUT2D eigenvalue weighted by atomic mass is 32.2. The third kappa shape index (κ3) is 3.89. The minimum Gasteiger partial charge on any atom is -0.469 e. The lowest BCUT2D eigenvalue weighted by Gasteiger charge is -2.32. The average Bonchev–Trinajstić information content (AvgIpc) is 2.40. The van der Waals surface area contributed by atoms with Gasteiger partial charge in [-0.25, -0.2) is 8.42 Å². The number of morpholine rings is 1. The van der Waals surface area contributed by atoms with Crippen LogP contribution in [0, 0.1) is 11.3 Å². The Hall–Kier alpha value is -1.17. The molecule has 0 N–H and O–H groups in total. The molecule has 0 amide bonds. The van der Waals surface area contributed by atoms with Crippen LogP contribution in [0.1, 0.15) is 19.8 Å². The lowest BCUT2D eigenvalue weighted by Crippen LogP contribution is -2.49. The number of nitriles is 1. The number of carbonyl (C=O) groups is 1. The van der Waals surface area contributed by atoms with Gasteiger partial charge in [-0.3, -0.25) is 4.79 Å². The second-order valence-corrected chi connectivity index (χ2v) is 6.32. The molecule has 2 atom stereocenters. The summed E-state index contributed by atoms with van der Waals surface area (Å²) >= 11 is 0. The van der Waals surface area contributed by atoms with Gasteiger partial charge >= 0.3 is 5.97 Å². The maximum Gasteiger partial charge on any atom is 0.308 e. The standard InChI is InChI=1S/C11H18N2O5S/c1-3-10(7-12)19(15,16)13-4-5-18-9(8-13)6-11(14)17-2/h9-10H,3-6,8H2,1-2H3. The molecule has 0 aromatic carbocycles. The Morgan fingerprint density at radius 1 is 1.63 bits per heavy atom. The van der Waals surface area contributed by atoms with Crippen molar-refractivity contribution in [2.75, 3.05) is 26.8 Å². The van der Waals surface area contributed by atoms with Crippen molar-refractivity contribution in [3.8, 4) is 6.07 Å². The van der Waals surface area contributed by atoms with Crippen LogP contribution >= 0.6 is 0 Å². The molecule has 0 radical (unpaired) electrons. The van der Waals surface area contributed by atoms with Crippen molar-refractivity contribution >= 4 is 16.0 Å². The molecule has 0 bridgehead atoms. The van der Waals surface area contributed by atoms with E-state index in [1.807, 2.05) is 0 Å². The van der Waals surface area contributed by atoms with Crippen LogP contribution in [0.2, 0.25) is 0 Å². The summed E-state index contributed by atoms with van der Waals surface area (Å²) in [5.41, 5.74) is 0. The molecule has 1 aliphatic rings. The number of hydrogen-bond acceptors (Lipinski definition) is 6. The molecule has 0 aromatic heterocycles. The summed E-state index contributed by atoms with van der Waals surface area (Å²) in [5, 5.41) is 7.83. The first-order valence-corrected chi connectivity index (χ1v) is 7.53. The molecule has 0 aliphatic carbocycles. The second-order valence-electron chi connectivity index (χ2n) is 4.20. The van der Waals surface area contributed by atoms with Gasteiger partial charge in [0, 0.05) is 13.1 Å². The van der Waals surface area contributed by atoms with Gasteiger partial charge in [-0.05, 0) is 6.42 Å². The van der Waals surface area contributed by atoms with Crippen molar-refractivity contribution in [3.05, 3.63) is 0 Å². The predicted molar refractivity (Wildman–Crippen MR) is 66.6 cm³/mol. The summed E-state index contributed by atoms with van der Waals surface area (Å²) in [5.74, 6) is -0.448. The number of esters is 1. The first kappa shape index (κ1) is 15.9. The van der Waals surface area contributed by atoms with Gasteiger partial charge in [0.1, 0.15) is 0 Å². The summed E-state index contributed by atoms with van der Waals surface area (Å²) in [4.78, 5) is 11.2. The van der Waals surface area contributed by atoms with Gasteiger partial charge in [0.2, 0.25) is 10.0 Å². The van der Waals surface area contributed by atoms with Crippen molar-refractivity contribution in [1.82, 2.24) is 4.31 Å². The largest absolute Gasteiger partial charge is 0.469 e. The van der Waals surface area contributed by atoms with Crippen molar-refractivity contribution in [2.45, 2.75) is 31.1 Å². The number of hydrogen-bond donors (Lipinski definition) is 0. The summed E-state index contributed by atoms with van der Waals surface area (Å²) < 4.78 is 35.4. The van der Waals surface area contributed by atoms with Gasteiger partial charge in [0.15, 0.2) is 5.25 Å². The maximum absolute atomic E-state index is 12.2. The topological polar surface area (TPSA) is 96.7 Å².